The van der Waals surface area contributed by atoms with Gasteiger partial charge in [-0.2, -0.15) is 0 Å². The van der Waals surface area contributed by atoms with Gasteiger partial charge in [-0.15, -0.1) is 0 Å². The summed E-state index contributed by atoms with van der Waals surface area (Å²) < 4.78 is 6.13. The Balaban J connectivity index is 1.53. The van der Waals surface area contributed by atoms with Crippen molar-refractivity contribution in [1.29, 1.82) is 0 Å². The Morgan fingerprint density at radius 2 is 1.50 bits per heavy atom. The number of rotatable bonds is 16. The number of fused-ring (bicyclic) bond motifs is 1. The van der Waals surface area contributed by atoms with E-state index in [1.165, 1.54) is 0 Å². The van der Waals surface area contributed by atoms with Crippen LogP contribution in [0.3, 0.4) is 0 Å². The topological polar surface area (TPSA) is 87.0 Å². The van der Waals surface area contributed by atoms with Crippen molar-refractivity contribution in [3.8, 4) is 17.2 Å². The number of aromatic hydroxyl groups is 2. The van der Waals surface area contributed by atoms with Crippen molar-refractivity contribution in [1.82, 2.24) is 0 Å². The van der Waals surface area contributed by atoms with E-state index in [2.05, 4.69) is 13.8 Å². The van der Waals surface area contributed by atoms with Crippen molar-refractivity contribution >= 4 is 5.97 Å². The average molecular weight is 525 g/mol. The van der Waals surface area contributed by atoms with Gasteiger partial charge in [-0.05, 0) is 55.0 Å². The highest BCUT2D eigenvalue weighted by Crippen LogP contribution is 2.49. The van der Waals surface area contributed by atoms with Crippen LogP contribution in [0.5, 0.6) is 17.2 Å². The van der Waals surface area contributed by atoms with E-state index in [1.807, 2.05) is 25.1 Å². The van der Waals surface area contributed by atoms with Gasteiger partial charge in [0.05, 0.1) is 12.0 Å². The van der Waals surface area contributed by atoms with Gasteiger partial charge in [0.25, 0.3) is 0 Å². The molecule has 0 spiro atoms. The lowest BCUT2D eigenvalue weighted by atomic mass is 9.66. The first-order valence-corrected chi connectivity index (χ1v) is 14.7. The summed E-state index contributed by atoms with van der Waals surface area (Å²) in [7, 11) is 0. The van der Waals surface area contributed by atoms with E-state index in [0.717, 1.165) is 100 Å². The largest absolute Gasteiger partial charge is 0.508 e. The Morgan fingerprint density at radius 1 is 0.895 bits per heavy atom. The van der Waals surface area contributed by atoms with Crippen LogP contribution in [0.25, 0.3) is 0 Å². The van der Waals surface area contributed by atoms with Gasteiger partial charge in [-0.1, -0.05) is 96.8 Å². The number of carboxylic acid groups (broad SMARTS) is 1. The van der Waals surface area contributed by atoms with Gasteiger partial charge in [0.15, 0.2) is 0 Å². The second-order valence-electron chi connectivity index (χ2n) is 11.6. The molecule has 5 nitrogen and oxygen atoms in total. The number of unbranched alkanes of at least 4 members (excludes halogenated alkanes) is 7. The number of hydrogen-bond acceptors (Lipinski definition) is 4. The zero-order valence-electron chi connectivity index (χ0n) is 23.7. The summed E-state index contributed by atoms with van der Waals surface area (Å²) in [5.74, 6) is 0.883. The Morgan fingerprint density at radius 3 is 2.13 bits per heavy atom. The summed E-state index contributed by atoms with van der Waals surface area (Å²) in [5, 5.41) is 29.7. The van der Waals surface area contributed by atoms with E-state index >= 15 is 0 Å². The zero-order valence-corrected chi connectivity index (χ0v) is 23.7. The van der Waals surface area contributed by atoms with Gasteiger partial charge in [0.1, 0.15) is 17.2 Å². The third-order valence-corrected chi connectivity index (χ3v) is 8.98. The molecule has 1 aliphatic rings. The molecule has 0 radical (unpaired) electrons. The Bertz CT molecular complexity index is 1020. The lowest BCUT2D eigenvalue weighted by molar-refractivity contribution is -0.150. The number of ether oxygens (including phenoxy) is 1. The molecule has 3 unspecified atom stereocenters. The molecular weight excluding hydrogens is 476 g/mol. The van der Waals surface area contributed by atoms with Gasteiger partial charge in [0, 0.05) is 17.4 Å². The van der Waals surface area contributed by atoms with E-state index < -0.39 is 11.4 Å². The summed E-state index contributed by atoms with van der Waals surface area (Å²) in [5.41, 5.74) is 1.52. The van der Waals surface area contributed by atoms with Crippen molar-refractivity contribution < 1.29 is 24.9 Å². The van der Waals surface area contributed by atoms with Crippen molar-refractivity contribution in [3.63, 3.8) is 0 Å². The number of benzene rings is 2. The van der Waals surface area contributed by atoms with Crippen LogP contribution >= 0.6 is 0 Å². The molecular formula is C33H48O5. The molecule has 210 valence electrons. The lowest BCUT2D eigenvalue weighted by Crippen LogP contribution is -2.40. The summed E-state index contributed by atoms with van der Waals surface area (Å²) in [6.45, 7) is 6.96. The lowest BCUT2D eigenvalue weighted by Gasteiger charge is -2.43. The Kier molecular flexibility index (Phi) is 10.9. The number of aliphatic carboxylic acids is 1. The number of hydrogen-bond donors (Lipinski definition) is 3. The predicted octanol–water partition coefficient (Wildman–Crippen LogP) is 8.71. The van der Waals surface area contributed by atoms with Crippen LogP contribution in [0.2, 0.25) is 0 Å². The fourth-order valence-corrected chi connectivity index (χ4v) is 6.28. The molecule has 3 atom stereocenters. The smallest absolute Gasteiger partial charge is 0.309 e. The van der Waals surface area contributed by atoms with E-state index in [9.17, 15) is 20.1 Å². The number of carbonyl (C=O) groups is 1. The molecule has 2 aromatic carbocycles. The maximum Gasteiger partial charge on any atom is 0.309 e. The molecule has 0 saturated heterocycles. The Hall–Kier alpha value is -2.69. The van der Waals surface area contributed by atoms with Gasteiger partial charge in [0.2, 0.25) is 0 Å². The fourth-order valence-electron chi connectivity index (χ4n) is 6.28. The minimum atomic E-state index is -0.613. The second-order valence-corrected chi connectivity index (χ2v) is 11.6. The van der Waals surface area contributed by atoms with Crippen LogP contribution in [0.1, 0.15) is 121 Å². The zero-order chi connectivity index (χ0) is 27.6. The van der Waals surface area contributed by atoms with Crippen molar-refractivity contribution in [3.05, 3.63) is 53.6 Å². The quantitative estimate of drug-likeness (QED) is 0.191. The predicted molar refractivity (Wildman–Crippen MR) is 153 cm³/mol. The van der Waals surface area contributed by atoms with Gasteiger partial charge < -0.3 is 20.1 Å². The highest BCUT2D eigenvalue weighted by Gasteiger charge is 2.42. The summed E-state index contributed by atoms with van der Waals surface area (Å²) >= 11 is 0. The van der Waals surface area contributed by atoms with Crippen LogP contribution < -0.4 is 4.74 Å². The van der Waals surface area contributed by atoms with Crippen molar-refractivity contribution in [2.24, 2.45) is 5.41 Å². The van der Waals surface area contributed by atoms with E-state index in [-0.39, 0.29) is 22.8 Å². The molecule has 0 bridgehead atoms. The molecule has 0 saturated carbocycles. The van der Waals surface area contributed by atoms with Crippen molar-refractivity contribution in [2.75, 3.05) is 6.61 Å². The second kappa shape index (κ2) is 13.9. The van der Waals surface area contributed by atoms with Crippen LogP contribution in [-0.2, 0) is 10.2 Å². The first-order chi connectivity index (χ1) is 18.3. The Labute approximate surface area is 229 Å². The molecule has 3 rings (SSSR count). The standard InChI is InChI=1S/C33H48O5/c1-4-6-12-21-33(5-2,31(36)37)22-13-10-8-7-9-11-14-29-28-20-19-27(35)23-30(28)38-24-32(29,3)25-15-17-26(34)18-16-25/h15-20,23,29,34-35H,4-14,21-22,24H2,1-3H3,(H,36,37). The summed E-state index contributed by atoms with van der Waals surface area (Å²) in [4.78, 5) is 12.0. The average Bonchev–Trinajstić information content (AvgIpc) is 2.90. The van der Waals surface area contributed by atoms with E-state index in [4.69, 9.17) is 4.74 Å². The van der Waals surface area contributed by atoms with E-state index in [0.29, 0.717) is 6.61 Å². The number of phenols is 2. The third kappa shape index (κ3) is 7.24. The first kappa shape index (κ1) is 29.9. The van der Waals surface area contributed by atoms with Crippen LogP contribution in [0.15, 0.2) is 42.5 Å². The fraction of sp³-hybridized carbons (Fsp3) is 0.606. The minimum absolute atomic E-state index is 0.219. The number of phenolic OH excluding ortho intramolecular Hbond substituents is 2. The van der Waals surface area contributed by atoms with Crippen LogP contribution in [-0.4, -0.2) is 27.9 Å². The molecule has 5 heteroatoms. The van der Waals surface area contributed by atoms with Crippen molar-refractivity contribution in [2.45, 2.75) is 116 Å². The minimum Gasteiger partial charge on any atom is -0.508 e. The third-order valence-electron chi connectivity index (χ3n) is 8.98. The highest BCUT2D eigenvalue weighted by atomic mass is 16.5. The summed E-state index contributed by atoms with van der Waals surface area (Å²) in [6, 6.07) is 12.9. The molecule has 0 fully saturated rings. The van der Waals surface area contributed by atoms with Crippen LogP contribution in [0, 0.1) is 5.41 Å². The molecule has 0 aromatic heterocycles. The van der Waals surface area contributed by atoms with E-state index in [1.54, 1.807) is 24.3 Å². The van der Waals surface area contributed by atoms with Gasteiger partial charge in [-0.25, -0.2) is 0 Å². The molecule has 1 heterocycles. The molecule has 1 aliphatic heterocycles. The maximum atomic E-state index is 12.0. The van der Waals surface area contributed by atoms with Gasteiger partial charge in [-0.3, -0.25) is 4.79 Å². The SMILES string of the molecule is CCCCCC(CC)(CCCCCCCCC1c2ccc(O)cc2OCC1(C)c1ccc(O)cc1)C(=O)O. The molecule has 3 N–H and O–H groups in total. The number of carboxylic acids is 1. The molecule has 38 heavy (non-hydrogen) atoms. The maximum absolute atomic E-state index is 12.0. The molecule has 0 amide bonds. The normalized spacial score (nSPS) is 20.3. The van der Waals surface area contributed by atoms with Gasteiger partial charge >= 0.3 is 5.97 Å². The molecule has 0 aliphatic carbocycles. The summed E-state index contributed by atoms with van der Waals surface area (Å²) in [6.07, 6.45) is 13.2. The monoisotopic (exact) mass is 524 g/mol. The first-order valence-electron chi connectivity index (χ1n) is 14.7. The van der Waals surface area contributed by atoms with Crippen LogP contribution in [0.4, 0.5) is 0 Å². The molecule has 2 aromatic rings. The highest BCUT2D eigenvalue weighted by molar-refractivity contribution is 5.74.